The first-order valence-electron chi connectivity index (χ1n) is 6.16. The van der Waals surface area contributed by atoms with Gasteiger partial charge < -0.3 is 5.32 Å². The molecule has 0 aliphatic heterocycles. The summed E-state index contributed by atoms with van der Waals surface area (Å²) in [7, 11) is 0. The standard InChI is InChI=1S/C14H19ClINO/c1-9(2)4-5-10(3)17-14(18)12-8-11(15)6-7-13(12)16/h6-10H,4-5H2,1-3H3,(H,17,18). The van der Waals surface area contributed by atoms with Crippen LogP contribution in [0.1, 0.15) is 44.0 Å². The molecule has 1 N–H and O–H groups in total. The van der Waals surface area contributed by atoms with E-state index < -0.39 is 0 Å². The van der Waals surface area contributed by atoms with Crippen molar-refractivity contribution in [3.05, 3.63) is 32.4 Å². The van der Waals surface area contributed by atoms with Crippen LogP contribution < -0.4 is 5.32 Å². The van der Waals surface area contributed by atoms with Crippen LogP contribution in [0.5, 0.6) is 0 Å². The van der Waals surface area contributed by atoms with E-state index in [9.17, 15) is 4.79 Å². The van der Waals surface area contributed by atoms with Gasteiger partial charge in [-0.15, -0.1) is 0 Å². The molecular weight excluding hydrogens is 361 g/mol. The summed E-state index contributed by atoms with van der Waals surface area (Å²) in [6.07, 6.45) is 2.12. The molecule has 4 heteroatoms. The number of hydrogen-bond acceptors (Lipinski definition) is 1. The van der Waals surface area contributed by atoms with Gasteiger partial charge in [0.25, 0.3) is 5.91 Å². The summed E-state index contributed by atoms with van der Waals surface area (Å²) in [5.74, 6) is 0.619. The number of rotatable bonds is 5. The van der Waals surface area contributed by atoms with Gasteiger partial charge in [-0.05, 0) is 66.5 Å². The molecule has 1 aromatic carbocycles. The van der Waals surface area contributed by atoms with E-state index in [0.717, 1.165) is 16.4 Å². The van der Waals surface area contributed by atoms with Crippen molar-refractivity contribution in [1.82, 2.24) is 5.32 Å². The van der Waals surface area contributed by atoms with Crippen molar-refractivity contribution in [2.75, 3.05) is 0 Å². The van der Waals surface area contributed by atoms with Gasteiger partial charge in [0.2, 0.25) is 0 Å². The Morgan fingerprint density at radius 2 is 2.00 bits per heavy atom. The topological polar surface area (TPSA) is 29.1 Å². The van der Waals surface area contributed by atoms with E-state index in [1.807, 2.05) is 13.0 Å². The highest BCUT2D eigenvalue weighted by Gasteiger charge is 2.13. The van der Waals surface area contributed by atoms with Gasteiger partial charge in [-0.3, -0.25) is 4.79 Å². The van der Waals surface area contributed by atoms with Crippen molar-refractivity contribution in [2.45, 2.75) is 39.7 Å². The van der Waals surface area contributed by atoms with Gasteiger partial charge in [0.05, 0.1) is 5.56 Å². The molecule has 0 fully saturated rings. The number of carbonyl (C=O) groups excluding carboxylic acids is 1. The van der Waals surface area contributed by atoms with Crippen molar-refractivity contribution < 1.29 is 4.79 Å². The quantitative estimate of drug-likeness (QED) is 0.750. The third kappa shape index (κ3) is 5.14. The number of halogens is 2. The molecule has 0 aliphatic carbocycles. The molecule has 0 aromatic heterocycles. The summed E-state index contributed by atoms with van der Waals surface area (Å²) in [6.45, 7) is 6.42. The molecule has 0 aliphatic rings. The molecule has 100 valence electrons. The monoisotopic (exact) mass is 379 g/mol. The van der Waals surface area contributed by atoms with Crippen molar-refractivity contribution in [3.63, 3.8) is 0 Å². The Balaban J connectivity index is 2.62. The molecular formula is C14H19ClINO. The van der Waals surface area contributed by atoms with Crippen molar-refractivity contribution in [2.24, 2.45) is 5.92 Å². The molecule has 0 saturated heterocycles. The van der Waals surface area contributed by atoms with Crippen LogP contribution in [0.3, 0.4) is 0 Å². The third-order valence-electron chi connectivity index (χ3n) is 2.73. The highest BCUT2D eigenvalue weighted by atomic mass is 127. The maximum absolute atomic E-state index is 12.1. The van der Waals surface area contributed by atoms with Crippen molar-refractivity contribution in [3.8, 4) is 0 Å². The highest BCUT2D eigenvalue weighted by Crippen LogP contribution is 2.18. The van der Waals surface area contributed by atoms with Crippen LogP contribution >= 0.6 is 34.2 Å². The Kier molecular flexibility index (Phi) is 6.43. The van der Waals surface area contributed by atoms with Gasteiger partial charge in [-0.25, -0.2) is 0 Å². The maximum atomic E-state index is 12.1. The maximum Gasteiger partial charge on any atom is 0.252 e. The second-order valence-corrected chi connectivity index (χ2v) is 6.57. The lowest BCUT2D eigenvalue weighted by molar-refractivity contribution is 0.0936. The van der Waals surface area contributed by atoms with Gasteiger partial charge in [0.1, 0.15) is 0 Å². The summed E-state index contributed by atoms with van der Waals surface area (Å²) in [5.41, 5.74) is 0.652. The van der Waals surface area contributed by atoms with Crippen LogP contribution in [0.4, 0.5) is 0 Å². The smallest absolute Gasteiger partial charge is 0.252 e. The van der Waals surface area contributed by atoms with Gasteiger partial charge in [0, 0.05) is 14.6 Å². The van der Waals surface area contributed by atoms with Crippen LogP contribution in [0.2, 0.25) is 5.02 Å². The molecule has 1 rings (SSSR count). The first kappa shape index (κ1) is 15.8. The third-order valence-corrected chi connectivity index (χ3v) is 3.90. The predicted molar refractivity (Wildman–Crippen MR) is 85.2 cm³/mol. The van der Waals surface area contributed by atoms with Crippen LogP contribution in [-0.4, -0.2) is 11.9 Å². The fourth-order valence-corrected chi connectivity index (χ4v) is 2.38. The number of amides is 1. The minimum absolute atomic E-state index is 0.0434. The van der Waals surface area contributed by atoms with Crippen molar-refractivity contribution in [1.29, 1.82) is 0 Å². The zero-order valence-corrected chi connectivity index (χ0v) is 13.9. The van der Waals surface area contributed by atoms with Crippen molar-refractivity contribution >= 4 is 40.1 Å². The number of nitrogens with one attached hydrogen (secondary N) is 1. The Morgan fingerprint density at radius 3 is 2.61 bits per heavy atom. The molecule has 1 amide bonds. The molecule has 0 bridgehead atoms. The zero-order valence-electron chi connectivity index (χ0n) is 11.0. The molecule has 0 heterocycles. The van der Waals surface area contributed by atoms with Crippen LogP contribution in [0.15, 0.2) is 18.2 Å². The van der Waals surface area contributed by atoms with Gasteiger partial charge >= 0.3 is 0 Å². The lowest BCUT2D eigenvalue weighted by atomic mass is 10.0. The summed E-state index contributed by atoms with van der Waals surface area (Å²) in [4.78, 5) is 12.1. The number of carbonyl (C=O) groups is 1. The predicted octanol–water partition coefficient (Wildman–Crippen LogP) is 4.50. The molecule has 0 saturated carbocycles. The SMILES string of the molecule is CC(C)CCC(C)NC(=O)c1cc(Cl)ccc1I. The van der Waals surface area contributed by atoms with Gasteiger partial charge in [0.15, 0.2) is 0 Å². The minimum Gasteiger partial charge on any atom is -0.350 e. The van der Waals surface area contributed by atoms with Gasteiger partial charge in [-0.2, -0.15) is 0 Å². The summed E-state index contributed by atoms with van der Waals surface area (Å²) >= 11 is 8.07. The molecule has 1 unspecified atom stereocenters. The molecule has 1 atom stereocenters. The number of hydrogen-bond donors (Lipinski definition) is 1. The lowest BCUT2D eigenvalue weighted by Gasteiger charge is -2.15. The Morgan fingerprint density at radius 1 is 1.33 bits per heavy atom. The van der Waals surface area contributed by atoms with E-state index >= 15 is 0 Å². The minimum atomic E-state index is -0.0434. The van der Waals surface area contributed by atoms with E-state index in [2.05, 4.69) is 41.8 Å². The first-order chi connectivity index (χ1) is 8.40. The average molecular weight is 380 g/mol. The fraction of sp³-hybridized carbons (Fsp3) is 0.500. The fourth-order valence-electron chi connectivity index (χ4n) is 1.63. The molecule has 1 aromatic rings. The van der Waals surface area contributed by atoms with E-state index in [1.165, 1.54) is 0 Å². The largest absolute Gasteiger partial charge is 0.350 e. The molecule has 0 spiro atoms. The highest BCUT2D eigenvalue weighted by molar-refractivity contribution is 14.1. The van der Waals surface area contributed by atoms with E-state index in [0.29, 0.717) is 16.5 Å². The second kappa shape index (κ2) is 7.34. The van der Waals surface area contributed by atoms with Gasteiger partial charge in [-0.1, -0.05) is 25.4 Å². The summed E-state index contributed by atoms with van der Waals surface area (Å²) in [6, 6.07) is 5.56. The molecule has 2 nitrogen and oxygen atoms in total. The lowest BCUT2D eigenvalue weighted by Crippen LogP contribution is -2.33. The summed E-state index contributed by atoms with van der Waals surface area (Å²) < 4.78 is 0.922. The van der Waals surface area contributed by atoms with Crippen LogP contribution in [-0.2, 0) is 0 Å². The second-order valence-electron chi connectivity index (χ2n) is 4.97. The van der Waals surface area contributed by atoms with E-state index in [1.54, 1.807) is 12.1 Å². The Labute approximate surface area is 128 Å². The normalized spacial score (nSPS) is 12.6. The van der Waals surface area contributed by atoms with Crippen LogP contribution in [0, 0.1) is 9.49 Å². The van der Waals surface area contributed by atoms with E-state index in [4.69, 9.17) is 11.6 Å². The van der Waals surface area contributed by atoms with Crippen LogP contribution in [0.25, 0.3) is 0 Å². The Hall–Kier alpha value is -0.290. The average Bonchev–Trinajstić information content (AvgIpc) is 2.29. The number of benzene rings is 1. The molecule has 0 radical (unpaired) electrons. The molecule has 18 heavy (non-hydrogen) atoms. The first-order valence-corrected chi connectivity index (χ1v) is 7.61. The zero-order chi connectivity index (χ0) is 13.7. The Bertz CT molecular complexity index is 420. The summed E-state index contributed by atoms with van der Waals surface area (Å²) in [5, 5.41) is 3.61. The van der Waals surface area contributed by atoms with E-state index in [-0.39, 0.29) is 11.9 Å².